The van der Waals surface area contributed by atoms with Crippen LogP contribution in [0.3, 0.4) is 0 Å². The van der Waals surface area contributed by atoms with Gasteiger partial charge in [0.15, 0.2) is 5.89 Å². The maximum Gasteiger partial charge on any atom is 0.191 e. The van der Waals surface area contributed by atoms with Crippen molar-refractivity contribution in [2.45, 2.75) is 25.9 Å². The monoisotopic (exact) mass is 259 g/mol. The highest BCUT2D eigenvalue weighted by Gasteiger charge is 2.28. The molecule has 100 valence electrons. The molecule has 0 fully saturated rings. The summed E-state index contributed by atoms with van der Waals surface area (Å²) in [7, 11) is 0. The first kappa shape index (κ1) is 12.4. The molecular formula is C15H17NO3. The first-order valence-electron chi connectivity index (χ1n) is 6.56. The Labute approximate surface area is 112 Å². The summed E-state index contributed by atoms with van der Waals surface area (Å²) in [6.07, 6.45) is 1.53. The Hall–Kier alpha value is -1.65. The van der Waals surface area contributed by atoms with Gasteiger partial charge in [0.05, 0.1) is 13.2 Å². The van der Waals surface area contributed by atoms with Crippen LogP contribution in [0.2, 0.25) is 0 Å². The number of nitrogens with zero attached hydrogens (tertiary/aromatic N) is 1. The molecular weight excluding hydrogens is 242 g/mol. The SMILES string of the molecule is Cc1nc2c(o1)CCc1ccccc1C2OCCO. The van der Waals surface area contributed by atoms with E-state index in [1.807, 2.05) is 19.1 Å². The minimum Gasteiger partial charge on any atom is -0.446 e. The van der Waals surface area contributed by atoms with Crippen molar-refractivity contribution in [3.63, 3.8) is 0 Å². The third kappa shape index (κ3) is 2.29. The van der Waals surface area contributed by atoms with Gasteiger partial charge in [-0.2, -0.15) is 0 Å². The van der Waals surface area contributed by atoms with E-state index < -0.39 is 0 Å². The predicted octanol–water partition coefficient (Wildman–Crippen LogP) is 2.18. The lowest BCUT2D eigenvalue weighted by Gasteiger charge is -2.17. The van der Waals surface area contributed by atoms with E-state index >= 15 is 0 Å². The van der Waals surface area contributed by atoms with Crippen molar-refractivity contribution in [2.75, 3.05) is 13.2 Å². The molecule has 1 heterocycles. The average molecular weight is 259 g/mol. The summed E-state index contributed by atoms with van der Waals surface area (Å²) in [5, 5.41) is 9.00. The molecule has 0 radical (unpaired) electrons. The van der Waals surface area contributed by atoms with Crippen LogP contribution in [0.1, 0.15) is 34.6 Å². The molecule has 1 atom stereocenters. The first-order valence-corrected chi connectivity index (χ1v) is 6.56. The van der Waals surface area contributed by atoms with Crippen LogP contribution in [0, 0.1) is 6.92 Å². The zero-order chi connectivity index (χ0) is 13.2. The lowest BCUT2D eigenvalue weighted by atomic mass is 10.0. The molecule has 0 saturated heterocycles. The Morgan fingerprint density at radius 1 is 1.37 bits per heavy atom. The van der Waals surface area contributed by atoms with Gasteiger partial charge >= 0.3 is 0 Å². The second-order valence-electron chi connectivity index (χ2n) is 4.71. The fraction of sp³-hybridized carbons (Fsp3) is 0.400. The molecule has 1 N–H and O–H groups in total. The Morgan fingerprint density at radius 2 is 2.21 bits per heavy atom. The van der Waals surface area contributed by atoms with Crippen LogP contribution in [0.4, 0.5) is 0 Å². The maximum absolute atomic E-state index is 9.00. The minimum atomic E-state index is -0.238. The number of benzene rings is 1. The zero-order valence-corrected chi connectivity index (χ0v) is 10.9. The summed E-state index contributed by atoms with van der Waals surface area (Å²) < 4.78 is 11.5. The molecule has 1 aromatic carbocycles. The van der Waals surface area contributed by atoms with E-state index in [1.54, 1.807) is 0 Å². The maximum atomic E-state index is 9.00. The van der Waals surface area contributed by atoms with E-state index in [9.17, 15) is 0 Å². The van der Waals surface area contributed by atoms with Crippen molar-refractivity contribution in [1.82, 2.24) is 4.98 Å². The van der Waals surface area contributed by atoms with Gasteiger partial charge in [0.2, 0.25) is 0 Å². The van der Waals surface area contributed by atoms with Crippen LogP contribution in [0.5, 0.6) is 0 Å². The van der Waals surface area contributed by atoms with E-state index in [0.29, 0.717) is 12.5 Å². The van der Waals surface area contributed by atoms with Gasteiger partial charge in [-0.15, -0.1) is 0 Å². The molecule has 2 aromatic rings. The molecule has 3 rings (SSSR count). The van der Waals surface area contributed by atoms with E-state index in [0.717, 1.165) is 29.9 Å². The second kappa shape index (κ2) is 5.15. The zero-order valence-electron chi connectivity index (χ0n) is 10.9. The number of rotatable bonds is 3. The number of aromatic nitrogens is 1. The predicted molar refractivity (Wildman–Crippen MR) is 70.0 cm³/mol. The first-order chi connectivity index (χ1) is 9.29. The summed E-state index contributed by atoms with van der Waals surface area (Å²) in [5.74, 6) is 1.57. The van der Waals surface area contributed by atoms with Crippen molar-refractivity contribution >= 4 is 0 Å². The Bertz CT molecular complexity index is 577. The lowest BCUT2D eigenvalue weighted by Crippen LogP contribution is -2.11. The van der Waals surface area contributed by atoms with Crippen LogP contribution in [-0.2, 0) is 17.6 Å². The number of aryl methyl sites for hydroxylation is 3. The van der Waals surface area contributed by atoms with Gasteiger partial charge in [0.1, 0.15) is 17.6 Å². The van der Waals surface area contributed by atoms with Crippen molar-refractivity contribution in [3.05, 3.63) is 52.7 Å². The summed E-state index contributed by atoms with van der Waals surface area (Å²) in [5.41, 5.74) is 3.25. The van der Waals surface area contributed by atoms with Crippen LogP contribution in [0.15, 0.2) is 28.7 Å². The normalized spacial score (nSPS) is 17.7. The topological polar surface area (TPSA) is 55.5 Å². The molecule has 0 aliphatic heterocycles. The van der Waals surface area contributed by atoms with Gasteiger partial charge in [-0.25, -0.2) is 4.98 Å². The Morgan fingerprint density at radius 3 is 3.05 bits per heavy atom. The molecule has 19 heavy (non-hydrogen) atoms. The third-order valence-electron chi connectivity index (χ3n) is 3.42. The van der Waals surface area contributed by atoms with Crippen molar-refractivity contribution in [1.29, 1.82) is 0 Å². The van der Waals surface area contributed by atoms with Crippen LogP contribution in [0.25, 0.3) is 0 Å². The van der Waals surface area contributed by atoms with Crippen molar-refractivity contribution in [3.8, 4) is 0 Å². The molecule has 1 aromatic heterocycles. The Balaban J connectivity index is 2.07. The largest absolute Gasteiger partial charge is 0.446 e. The van der Waals surface area contributed by atoms with E-state index in [-0.39, 0.29) is 12.7 Å². The van der Waals surface area contributed by atoms with E-state index in [4.69, 9.17) is 14.3 Å². The van der Waals surface area contributed by atoms with Gasteiger partial charge in [0.25, 0.3) is 0 Å². The number of hydrogen-bond donors (Lipinski definition) is 1. The molecule has 0 amide bonds. The highest BCUT2D eigenvalue weighted by atomic mass is 16.5. The standard InChI is InChI=1S/C15H17NO3/c1-10-16-14-13(19-10)7-6-11-4-2-3-5-12(11)15(14)18-9-8-17/h2-5,15,17H,6-9H2,1H3. The van der Waals surface area contributed by atoms with Gasteiger partial charge in [-0.1, -0.05) is 24.3 Å². The van der Waals surface area contributed by atoms with Crippen LogP contribution in [-0.4, -0.2) is 23.3 Å². The molecule has 0 spiro atoms. The summed E-state index contributed by atoms with van der Waals surface area (Å²) in [6, 6.07) is 8.22. The van der Waals surface area contributed by atoms with Gasteiger partial charge < -0.3 is 14.3 Å². The summed E-state index contributed by atoms with van der Waals surface area (Å²) in [6.45, 7) is 2.15. The molecule has 0 bridgehead atoms. The van der Waals surface area contributed by atoms with Gasteiger partial charge in [-0.3, -0.25) is 0 Å². The molecule has 0 saturated carbocycles. The molecule has 1 aliphatic carbocycles. The number of aliphatic hydroxyl groups excluding tert-OH is 1. The second-order valence-corrected chi connectivity index (χ2v) is 4.71. The number of hydrogen-bond acceptors (Lipinski definition) is 4. The van der Waals surface area contributed by atoms with E-state index in [1.165, 1.54) is 5.56 Å². The molecule has 4 nitrogen and oxygen atoms in total. The van der Waals surface area contributed by atoms with E-state index in [2.05, 4.69) is 17.1 Å². The Kier molecular flexibility index (Phi) is 3.36. The number of oxazole rings is 1. The summed E-state index contributed by atoms with van der Waals surface area (Å²) in [4.78, 5) is 4.47. The number of fused-ring (bicyclic) bond motifs is 2. The fourth-order valence-electron chi connectivity index (χ4n) is 2.62. The highest BCUT2D eigenvalue weighted by molar-refractivity contribution is 5.38. The lowest BCUT2D eigenvalue weighted by molar-refractivity contribution is 0.0475. The van der Waals surface area contributed by atoms with Crippen LogP contribution < -0.4 is 0 Å². The highest BCUT2D eigenvalue weighted by Crippen LogP contribution is 2.34. The minimum absolute atomic E-state index is 0.00480. The number of aliphatic hydroxyl groups is 1. The average Bonchev–Trinajstić information content (AvgIpc) is 2.72. The summed E-state index contributed by atoms with van der Waals surface area (Å²) >= 11 is 0. The fourth-order valence-corrected chi connectivity index (χ4v) is 2.62. The molecule has 4 heteroatoms. The molecule has 1 unspecified atom stereocenters. The smallest absolute Gasteiger partial charge is 0.191 e. The molecule has 1 aliphatic rings. The van der Waals surface area contributed by atoms with Gasteiger partial charge in [-0.05, 0) is 17.5 Å². The van der Waals surface area contributed by atoms with Crippen molar-refractivity contribution < 1.29 is 14.3 Å². The number of ether oxygens (including phenoxy) is 1. The van der Waals surface area contributed by atoms with Crippen molar-refractivity contribution in [2.24, 2.45) is 0 Å². The third-order valence-corrected chi connectivity index (χ3v) is 3.42. The van der Waals surface area contributed by atoms with Crippen LogP contribution >= 0.6 is 0 Å². The quantitative estimate of drug-likeness (QED) is 0.918. The van der Waals surface area contributed by atoms with Gasteiger partial charge in [0, 0.05) is 13.3 Å².